The van der Waals surface area contributed by atoms with Gasteiger partial charge in [0, 0.05) is 24.1 Å². The number of carbonyl (C=O) groups is 1. The largest absolute Gasteiger partial charge is 0.363 e. The van der Waals surface area contributed by atoms with Crippen LogP contribution < -0.4 is 5.32 Å². The molecule has 36 heavy (non-hydrogen) atoms. The maximum absolute atomic E-state index is 14.8. The number of benzene rings is 1. The minimum Gasteiger partial charge on any atom is -0.363 e. The first kappa shape index (κ1) is 22.7. The second-order valence-corrected chi connectivity index (χ2v) is 9.84. The fourth-order valence-electron chi connectivity index (χ4n) is 5.34. The summed E-state index contributed by atoms with van der Waals surface area (Å²) in [6, 6.07) is 4.93. The number of hydrogen-bond donors (Lipinski definition) is 1. The van der Waals surface area contributed by atoms with E-state index in [-0.39, 0.29) is 16.9 Å². The molecule has 0 radical (unpaired) electrons. The molecular weight excluding hydrogens is 471 g/mol. The van der Waals surface area contributed by atoms with Gasteiger partial charge in [-0.1, -0.05) is 24.6 Å². The van der Waals surface area contributed by atoms with E-state index in [1.54, 1.807) is 19.9 Å². The Kier molecular flexibility index (Phi) is 5.13. The zero-order valence-corrected chi connectivity index (χ0v) is 19.8. The molecule has 0 bridgehead atoms. The number of alkyl halides is 2. The molecule has 1 atom stereocenters. The van der Waals surface area contributed by atoms with Crippen molar-refractivity contribution < 1.29 is 18.0 Å². The van der Waals surface area contributed by atoms with E-state index in [4.69, 9.17) is 0 Å². The van der Waals surface area contributed by atoms with Crippen molar-refractivity contribution >= 4 is 28.4 Å². The summed E-state index contributed by atoms with van der Waals surface area (Å²) in [6.45, 7) is 4.83. The van der Waals surface area contributed by atoms with Crippen molar-refractivity contribution in [3.05, 3.63) is 58.9 Å². The van der Waals surface area contributed by atoms with Crippen molar-refractivity contribution in [2.24, 2.45) is 5.41 Å². The average molecular weight is 496 g/mol. The molecule has 1 saturated carbocycles. The molecule has 186 valence electrons. The number of aryl methyl sites for hydroxylation is 1. The number of aromatic nitrogens is 5. The predicted molar refractivity (Wildman–Crippen MR) is 126 cm³/mol. The number of amides is 1. The summed E-state index contributed by atoms with van der Waals surface area (Å²) < 4.78 is 42.8. The number of likely N-dealkylation sites (tertiary alicyclic amines) is 1. The van der Waals surface area contributed by atoms with Gasteiger partial charge in [0.1, 0.15) is 23.8 Å². The lowest BCUT2D eigenvalue weighted by atomic mass is 9.63. The molecule has 3 aromatic heterocycles. The SMILES string of the molecule is Cc1nc(N[C@H](C)c2cccc(C(F)F)c2F)c2cc(C(=O)N3CC4(CCC4)C3)c3ncnn3c2n1. The minimum absolute atomic E-state index is 0.0849. The molecule has 11 heteroatoms. The first-order chi connectivity index (χ1) is 17.3. The van der Waals surface area contributed by atoms with E-state index < -0.39 is 23.8 Å². The summed E-state index contributed by atoms with van der Waals surface area (Å²) in [5, 5.41) is 7.92. The highest BCUT2D eigenvalue weighted by Crippen LogP contribution is 2.48. The molecule has 8 nitrogen and oxygen atoms in total. The number of nitrogens with one attached hydrogen (secondary N) is 1. The van der Waals surface area contributed by atoms with Crippen LogP contribution in [0.4, 0.5) is 19.0 Å². The number of rotatable bonds is 5. The standard InChI is InChI=1S/C25H24F3N7O/c1-13(15-5-3-6-16(19(15)26)20(27)28)31-21-17-9-18(24(36)34-10-25(11-34)7-4-8-25)22-29-12-30-35(22)23(17)33-14(2)32-21/h3,5-6,9,12-13,20H,4,7-8,10-11H2,1-2H3,(H,31,32,33)/t13-/m1/s1. The molecule has 2 aliphatic rings. The summed E-state index contributed by atoms with van der Waals surface area (Å²) in [5.41, 5.74) is 0.915. The van der Waals surface area contributed by atoms with Gasteiger partial charge in [0.2, 0.25) is 0 Å². The highest BCUT2D eigenvalue weighted by molar-refractivity contribution is 6.05. The van der Waals surface area contributed by atoms with Crippen LogP contribution in [0.3, 0.4) is 0 Å². The van der Waals surface area contributed by atoms with Gasteiger partial charge >= 0.3 is 0 Å². The molecule has 0 unspecified atom stereocenters. The molecule has 1 aliphatic carbocycles. The van der Waals surface area contributed by atoms with Gasteiger partial charge in [-0.3, -0.25) is 4.79 Å². The molecule has 1 N–H and O–H groups in total. The minimum atomic E-state index is -2.92. The quantitative estimate of drug-likeness (QED) is 0.426. The summed E-state index contributed by atoms with van der Waals surface area (Å²) in [5.74, 6) is -0.329. The molecule has 4 heterocycles. The Morgan fingerprint density at radius 2 is 1.89 bits per heavy atom. The number of fused-ring (bicyclic) bond motifs is 3. The van der Waals surface area contributed by atoms with E-state index in [2.05, 4.69) is 25.4 Å². The van der Waals surface area contributed by atoms with Crippen LogP contribution in [0.25, 0.3) is 16.7 Å². The van der Waals surface area contributed by atoms with Gasteiger partial charge < -0.3 is 10.2 Å². The van der Waals surface area contributed by atoms with Gasteiger partial charge in [-0.05, 0) is 32.8 Å². The highest BCUT2D eigenvalue weighted by atomic mass is 19.3. The molecule has 1 saturated heterocycles. The second kappa shape index (κ2) is 8.14. The van der Waals surface area contributed by atoms with E-state index in [0.717, 1.165) is 32.0 Å². The third-order valence-electron chi connectivity index (χ3n) is 7.41. The van der Waals surface area contributed by atoms with E-state index >= 15 is 0 Å². The van der Waals surface area contributed by atoms with Crippen molar-refractivity contribution in [2.45, 2.75) is 45.6 Å². The number of halogens is 3. The maximum Gasteiger partial charge on any atom is 0.266 e. The first-order valence-electron chi connectivity index (χ1n) is 11.9. The molecule has 1 aliphatic heterocycles. The van der Waals surface area contributed by atoms with Crippen molar-refractivity contribution in [1.29, 1.82) is 0 Å². The molecule has 1 amide bonds. The first-order valence-corrected chi connectivity index (χ1v) is 11.9. The van der Waals surface area contributed by atoms with Crippen LogP contribution in [0.2, 0.25) is 0 Å². The van der Waals surface area contributed by atoms with Gasteiger partial charge in [0.25, 0.3) is 12.3 Å². The Hall–Kier alpha value is -3.76. The summed E-state index contributed by atoms with van der Waals surface area (Å²) in [6.07, 6.45) is 1.95. The summed E-state index contributed by atoms with van der Waals surface area (Å²) in [4.78, 5) is 28.6. The Bertz CT molecular complexity index is 1510. The number of pyridine rings is 1. The Balaban J connectivity index is 1.41. The third-order valence-corrected chi connectivity index (χ3v) is 7.41. The van der Waals surface area contributed by atoms with Crippen LogP contribution in [-0.2, 0) is 0 Å². The zero-order valence-electron chi connectivity index (χ0n) is 19.8. The molecular formula is C25H24F3N7O. The number of carbonyl (C=O) groups excluding carboxylic acids is 1. The monoisotopic (exact) mass is 495 g/mol. The van der Waals surface area contributed by atoms with E-state index in [9.17, 15) is 18.0 Å². The molecule has 6 rings (SSSR count). The van der Waals surface area contributed by atoms with Crippen molar-refractivity contribution in [1.82, 2.24) is 29.5 Å². The van der Waals surface area contributed by atoms with E-state index in [1.807, 2.05) is 4.90 Å². The zero-order chi connectivity index (χ0) is 25.2. The van der Waals surface area contributed by atoms with Crippen molar-refractivity contribution in [3.63, 3.8) is 0 Å². The Labute approximate surface area is 204 Å². The normalized spacial score (nSPS) is 17.4. The lowest BCUT2D eigenvalue weighted by molar-refractivity contribution is -0.0425. The molecule has 1 spiro atoms. The molecule has 4 aromatic rings. The average Bonchev–Trinajstić information content (AvgIpc) is 3.27. The van der Waals surface area contributed by atoms with Crippen LogP contribution in [0.15, 0.2) is 30.6 Å². The topological polar surface area (TPSA) is 88.3 Å². The number of hydrogen-bond acceptors (Lipinski definition) is 6. The fourth-order valence-corrected chi connectivity index (χ4v) is 5.34. The van der Waals surface area contributed by atoms with Gasteiger partial charge in [0.05, 0.1) is 22.6 Å². The van der Waals surface area contributed by atoms with Gasteiger partial charge in [-0.25, -0.2) is 28.1 Å². The highest BCUT2D eigenvalue weighted by Gasteiger charge is 2.49. The van der Waals surface area contributed by atoms with Gasteiger partial charge in [-0.15, -0.1) is 0 Å². The smallest absolute Gasteiger partial charge is 0.266 e. The van der Waals surface area contributed by atoms with Crippen molar-refractivity contribution in [2.75, 3.05) is 18.4 Å². The Morgan fingerprint density at radius 1 is 1.14 bits per heavy atom. The van der Waals surface area contributed by atoms with Crippen LogP contribution in [0, 0.1) is 18.2 Å². The summed E-state index contributed by atoms with van der Waals surface area (Å²) >= 11 is 0. The van der Waals surface area contributed by atoms with Crippen LogP contribution in [0.1, 0.15) is 66.0 Å². The van der Waals surface area contributed by atoms with Crippen LogP contribution >= 0.6 is 0 Å². The van der Waals surface area contributed by atoms with E-state index in [1.165, 1.54) is 29.4 Å². The number of anilines is 1. The van der Waals surface area contributed by atoms with Crippen LogP contribution in [-0.4, -0.2) is 48.5 Å². The maximum atomic E-state index is 14.8. The van der Waals surface area contributed by atoms with Gasteiger partial charge in [0.15, 0.2) is 11.3 Å². The van der Waals surface area contributed by atoms with E-state index in [0.29, 0.717) is 33.9 Å². The third kappa shape index (κ3) is 3.48. The second-order valence-electron chi connectivity index (χ2n) is 9.84. The van der Waals surface area contributed by atoms with Crippen LogP contribution in [0.5, 0.6) is 0 Å². The fraction of sp³-hybridized carbons (Fsp3) is 0.400. The number of nitrogens with zero attached hydrogens (tertiary/aromatic N) is 6. The van der Waals surface area contributed by atoms with Gasteiger partial charge in [-0.2, -0.15) is 9.61 Å². The summed E-state index contributed by atoms with van der Waals surface area (Å²) in [7, 11) is 0. The Morgan fingerprint density at radius 3 is 2.58 bits per heavy atom. The molecule has 1 aromatic carbocycles. The predicted octanol–water partition coefficient (Wildman–Crippen LogP) is 4.86. The van der Waals surface area contributed by atoms with Crippen molar-refractivity contribution in [3.8, 4) is 0 Å². The lowest BCUT2D eigenvalue weighted by Gasteiger charge is -2.55. The molecule has 2 fully saturated rings. The lowest BCUT2D eigenvalue weighted by Crippen LogP contribution is -2.61.